The minimum atomic E-state index is 0.224. The van der Waals surface area contributed by atoms with E-state index < -0.39 is 0 Å². The number of aromatic nitrogens is 1. The Balaban J connectivity index is 1.67. The minimum Gasteiger partial charge on any atom is -0.376 e. The van der Waals surface area contributed by atoms with Crippen molar-refractivity contribution in [3.05, 3.63) is 35.9 Å². The van der Waals surface area contributed by atoms with E-state index in [0.29, 0.717) is 19.0 Å². The number of nitrogen functional groups attached to an aromatic ring is 1. The third-order valence-corrected chi connectivity index (χ3v) is 3.77. The average molecular weight is 287 g/mol. The number of para-hydroxylation sites is 1. The standard InChI is InChI=1S/C16H21N3O2/c17-19-16-13(9-12-5-1-2-7-15(12)18-16)10-20-11-14-6-3-4-8-21-14/h1-2,5,7,9,14H,3-4,6,8,10-11,17H2,(H,18,19). The van der Waals surface area contributed by atoms with Gasteiger partial charge in [-0.25, -0.2) is 10.8 Å². The fourth-order valence-corrected chi connectivity index (χ4v) is 2.63. The van der Waals surface area contributed by atoms with Gasteiger partial charge in [0, 0.05) is 17.6 Å². The van der Waals surface area contributed by atoms with Crippen LogP contribution in [-0.4, -0.2) is 24.3 Å². The quantitative estimate of drug-likeness (QED) is 0.653. The number of fused-ring (bicyclic) bond motifs is 1. The zero-order chi connectivity index (χ0) is 14.5. The number of hydrogen-bond donors (Lipinski definition) is 2. The van der Waals surface area contributed by atoms with Crippen LogP contribution >= 0.6 is 0 Å². The van der Waals surface area contributed by atoms with E-state index in [-0.39, 0.29) is 6.10 Å². The lowest BCUT2D eigenvalue weighted by atomic mass is 10.1. The van der Waals surface area contributed by atoms with E-state index in [9.17, 15) is 0 Å². The molecule has 0 radical (unpaired) electrons. The Morgan fingerprint density at radius 2 is 2.24 bits per heavy atom. The normalized spacial score (nSPS) is 18.8. The van der Waals surface area contributed by atoms with Crippen molar-refractivity contribution in [3.63, 3.8) is 0 Å². The van der Waals surface area contributed by atoms with Crippen molar-refractivity contribution in [2.24, 2.45) is 5.84 Å². The molecule has 1 atom stereocenters. The van der Waals surface area contributed by atoms with Gasteiger partial charge < -0.3 is 14.9 Å². The van der Waals surface area contributed by atoms with Gasteiger partial charge in [-0.05, 0) is 31.4 Å². The zero-order valence-electron chi connectivity index (χ0n) is 12.0. The van der Waals surface area contributed by atoms with Gasteiger partial charge in [0.1, 0.15) is 5.82 Å². The van der Waals surface area contributed by atoms with Crippen LogP contribution in [0.1, 0.15) is 24.8 Å². The fourth-order valence-electron chi connectivity index (χ4n) is 2.63. The maximum absolute atomic E-state index is 5.79. The summed E-state index contributed by atoms with van der Waals surface area (Å²) in [5.74, 6) is 6.23. The third-order valence-electron chi connectivity index (χ3n) is 3.77. The molecule has 1 aliphatic rings. The number of rotatable bonds is 5. The molecule has 3 N–H and O–H groups in total. The molecule has 2 heterocycles. The Morgan fingerprint density at radius 3 is 3.05 bits per heavy atom. The second-order valence-electron chi connectivity index (χ2n) is 5.34. The summed E-state index contributed by atoms with van der Waals surface area (Å²) in [6.45, 7) is 1.95. The SMILES string of the molecule is NNc1nc2ccccc2cc1COCC1CCCCO1. The van der Waals surface area contributed by atoms with Crippen molar-refractivity contribution in [1.82, 2.24) is 4.98 Å². The molecule has 0 aliphatic carbocycles. The molecule has 0 saturated carbocycles. The summed E-state index contributed by atoms with van der Waals surface area (Å²) in [4.78, 5) is 4.51. The summed E-state index contributed by atoms with van der Waals surface area (Å²) in [5, 5.41) is 1.09. The third kappa shape index (κ3) is 3.50. The summed E-state index contributed by atoms with van der Waals surface area (Å²) >= 11 is 0. The molecule has 3 rings (SSSR count). The lowest BCUT2D eigenvalue weighted by molar-refractivity contribution is -0.0447. The number of nitrogens with one attached hydrogen (secondary N) is 1. The number of pyridine rings is 1. The minimum absolute atomic E-state index is 0.224. The highest BCUT2D eigenvalue weighted by molar-refractivity contribution is 5.81. The number of ether oxygens (including phenoxy) is 2. The van der Waals surface area contributed by atoms with Crippen molar-refractivity contribution in [2.45, 2.75) is 32.0 Å². The van der Waals surface area contributed by atoms with Crippen LogP contribution in [0, 0.1) is 0 Å². The highest BCUT2D eigenvalue weighted by Gasteiger charge is 2.14. The molecule has 1 aromatic heterocycles. The number of hydrogen-bond acceptors (Lipinski definition) is 5. The molecule has 112 valence electrons. The first-order chi connectivity index (χ1) is 10.4. The molecule has 5 heteroatoms. The van der Waals surface area contributed by atoms with Crippen LogP contribution in [-0.2, 0) is 16.1 Å². The van der Waals surface area contributed by atoms with Crippen LogP contribution in [0.3, 0.4) is 0 Å². The predicted octanol–water partition coefficient (Wildman–Crippen LogP) is 2.61. The smallest absolute Gasteiger partial charge is 0.146 e. The molecular weight excluding hydrogens is 266 g/mol. The number of anilines is 1. The summed E-state index contributed by atoms with van der Waals surface area (Å²) in [5.41, 5.74) is 4.54. The molecule has 0 spiro atoms. The fraction of sp³-hybridized carbons (Fsp3) is 0.438. The van der Waals surface area contributed by atoms with Gasteiger partial charge in [-0.15, -0.1) is 0 Å². The Hall–Kier alpha value is -1.69. The summed E-state index contributed by atoms with van der Waals surface area (Å²) in [6.07, 6.45) is 3.69. The van der Waals surface area contributed by atoms with Gasteiger partial charge in [-0.1, -0.05) is 18.2 Å². The Bertz CT molecular complexity index is 597. The molecule has 0 amide bonds. The monoisotopic (exact) mass is 287 g/mol. The van der Waals surface area contributed by atoms with Crippen LogP contribution < -0.4 is 11.3 Å². The topological polar surface area (TPSA) is 69.4 Å². The van der Waals surface area contributed by atoms with Crippen LogP contribution in [0.25, 0.3) is 10.9 Å². The molecule has 1 fully saturated rings. The highest BCUT2D eigenvalue weighted by Crippen LogP contribution is 2.21. The first-order valence-corrected chi connectivity index (χ1v) is 7.41. The van der Waals surface area contributed by atoms with Crippen LogP contribution in [0.5, 0.6) is 0 Å². The van der Waals surface area contributed by atoms with Crippen LogP contribution in [0.15, 0.2) is 30.3 Å². The summed E-state index contributed by atoms with van der Waals surface area (Å²) in [6, 6.07) is 10.0. The first kappa shape index (κ1) is 14.3. The van der Waals surface area contributed by atoms with E-state index in [1.54, 1.807) is 0 Å². The van der Waals surface area contributed by atoms with E-state index in [4.69, 9.17) is 15.3 Å². The largest absolute Gasteiger partial charge is 0.376 e. The Labute approximate surface area is 124 Å². The maximum atomic E-state index is 5.79. The molecule has 2 aromatic rings. The van der Waals surface area contributed by atoms with Crippen molar-refractivity contribution in [3.8, 4) is 0 Å². The second-order valence-corrected chi connectivity index (χ2v) is 5.34. The number of hydrazine groups is 1. The molecule has 1 unspecified atom stereocenters. The number of nitrogens with two attached hydrogens (primary N) is 1. The summed E-state index contributed by atoms with van der Waals surface area (Å²) in [7, 11) is 0. The average Bonchev–Trinajstić information content (AvgIpc) is 2.55. The van der Waals surface area contributed by atoms with Gasteiger partial charge in [0.15, 0.2) is 0 Å². The van der Waals surface area contributed by atoms with Gasteiger partial charge in [-0.2, -0.15) is 0 Å². The Kier molecular flexibility index (Phi) is 4.65. The van der Waals surface area contributed by atoms with Crippen LogP contribution in [0.4, 0.5) is 5.82 Å². The molecule has 1 saturated heterocycles. The molecule has 0 bridgehead atoms. The zero-order valence-corrected chi connectivity index (χ0v) is 12.0. The van der Waals surface area contributed by atoms with Crippen LogP contribution in [0.2, 0.25) is 0 Å². The molecular formula is C16H21N3O2. The predicted molar refractivity (Wildman–Crippen MR) is 82.8 cm³/mol. The molecule has 1 aliphatic heterocycles. The second kappa shape index (κ2) is 6.85. The van der Waals surface area contributed by atoms with Crippen molar-refractivity contribution in [1.29, 1.82) is 0 Å². The number of nitrogens with zero attached hydrogens (tertiary/aromatic N) is 1. The highest BCUT2D eigenvalue weighted by atomic mass is 16.5. The lowest BCUT2D eigenvalue weighted by Crippen LogP contribution is -2.24. The van der Waals surface area contributed by atoms with E-state index in [2.05, 4.69) is 16.5 Å². The van der Waals surface area contributed by atoms with Gasteiger partial charge >= 0.3 is 0 Å². The van der Waals surface area contributed by atoms with E-state index >= 15 is 0 Å². The van der Waals surface area contributed by atoms with E-state index in [0.717, 1.165) is 35.9 Å². The number of benzene rings is 1. The van der Waals surface area contributed by atoms with Crippen molar-refractivity contribution in [2.75, 3.05) is 18.6 Å². The van der Waals surface area contributed by atoms with E-state index in [1.807, 2.05) is 24.3 Å². The molecule has 21 heavy (non-hydrogen) atoms. The van der Waals surface area contributed by atoms with Gasteiger partial charge in [0.05, 0.1) is 24.8 Å². The maximum Gasteiger partial charge on any atom is 0.146 e. The van der Waals surface area contributed by atoms with E-state index in [1.165, 1.54) is 6.42 Å². The molecule has 1 aromatic carbocycles. The Morgan fingerprint density at radius 1 is 1.33 bits per heavy atom. The van der Waals surface area contributed by atoms with Crippen molar-refractivity contribution >= 4 is 16.7 Å². The summed E-state index contributed by atoms with van der Waals surface area (Å²) < 4.78 is 11.5. The molecule has 5 nitrogen and oxygen atoms in total. The van der Waals surface area contributed by atoms with Gasteiger partial charge in [0.2, 0.25) is 0 Å². The van der Waals surface area contributed by atoms with Crippen molar-refractivity contribution < 1.29 is 9.47 Å². The first-order valence-electron chi connectivity index (χ1n) is 7.41. The van der Waals surface area contributed by atoms with Gasteiger partial charge in [-0.3, -0.25) is 0 Å². The van der Waals surface area contributed by atoms with Gasteiger partial charge in [0.25, 0.3) is 0 Å². The lowest BCUT2D eigenvalue weighted by Gasteiger charge is -2.22.